The van der Waals surface area contributed by atoms with Crippen LogP contribution in [-0.4, -0.2) is 14.3 Å². The van der Waals surface area contributed by atoms with Crippen molar-refractivity contribution >= 4 is 34.1 Å². The number of hydrogen-bond donors (Lipinski definition) is 0. The lowest BCUT2D eigenvalue weighted by Crippen LogP contribution is -2.07. The third-order valence-electron chi connectivity index (χ3n) is 3.75. The van der Waals surface area contributed by atoms with Crippen LogP contribution in [0.25, 0.3) is 10.9 Å². The van der Waals surface area contributed by atoms with Crippen molar-refractivity contribution < 1.29 is 0 Å². The maximum atomic E-state index is 6.48. The van der Waals surface area contributed by atoms with E-state index in [0.29, 0.717) is 6.54 Å². The van der Waals surface area contributed by atoms with Crippen LogP contribution in [0.5, 0.6) is 0 Å². The van der Waals surface area contributed by atoms with Crippen LogP contribution in [-0.2, 0) is 19.5 Å². The Hall–Kier alpha value is -1.45. The summed E-state index contributed by atoms with van der Waals surface area (Å²) < 4.78 is 4.17. The molecule has 0 amide bonds. The first-order valence-corrected chi connectivity index (χ1v) is 7.88. The molecule has 2 aromatic heterocycles. The maximum absolute atomic E-state index is 6.48. The average Bonchev–Trinajstić information content (AvgIpc) is 3.01. The minimum atomic E-state index is 0.713. The highest BCUT2D eigenvalue weighted by Crippen LogP contribution is 2.25. The molecule has 0 spiro atoms. The molecule has 0 radical (unpaired) electrons. The molecule has 110 valence electrons. The topological polar surface area (TPSA) is 22.8 Å². The minimum absolute atomic E-state index is 0.713. The zero-order chi connectivity index (χ0) is 15.0. The van der Waals surface area contributed by atoms with Crippen LogP contribution in [0.15, 0.2) is 30.5 Å². The van der Waals surface area contributed by atoms with Crippen molar-refractivity contribution in [3.05, 3.63) is 51.9 Å². The van der Waals surface area contributed by atoms with Gasteiger partial charge in [0.2, 0.25) is 0 Å². The number of benzene rings is 1. The highest BCUT2D eigenvalue weighted by atomic mass is 35.5. The van der Waals surface area contributed by atoms with E-state index in [1.54, 1.807) is 0 Å². The van der Waals surface area contributed by atoms with Crippen LogP contribution in [0.2, 0.25) is 10.0 Å². The molecule has 0 N–H and O–H groups in total. The molecule has 0 atom stereocenters. The summed E-state index contributed by atoms with van der Waals surface area (Å²) in [6, 6.07) is 8.00. The molecule has 0 aliphatic heterocycles. The van der Waals surface area contributed by atoms with Gasteiger partial charge >= 0.3 is 0 Å². The molecule has 0 unspecified atom stereocenters. The summed E-state index contributed by atoms with van der Waals surface area (Å²) in [5.41, 5.74) is 3.17. The number of fused-ring (bicyclic) bond motifs is 1. The quantitative estimate of drug-likeness (QED) is 0.678. The summed E-state index contributed by atoms with van der Waals surface area (Å²) in [5.74, 6) is 0. The molecule has 0 saturated heterocycles. The standard InChI is InChI=1S/C16H17Cl2N3/c1-3-13-16(18)15(21(4-2)19-13)10-20-8-7-11-9-12(17)5-6-14(11)20/h5-9H,3-4,10H2,1-2H3. The number of aryl methyl sites for hydroxylation is 2. The first-order valence-electron chi connectivity index (χ1n) is 7.12. The van der Waals surface area contributed by atoms with Crippen LogP contribution in [0, 0.1) is 0 Å². The normalized spacial score (nSPS) is 11.4. The first kappa shape index (κ1) is 14.5. The molecule has 2 heterocycles. The SMILES string of the molecule is CCc1nn(CC)c(Cn2ccc3cc(Cl)ccc32)c1Cl. The predicted octanol–water partition coefficient (Wildman–Crippen LogP) is 4.78. The van der Waals surface area contributed by atoms with Crippen molar-refractivity contribution in [2.45, 2.75) is 33.4 Å². The lowest BCUT2D eigenvalue weighted by atomic mass is 10.2. The van der Waals surface area contributed by atoms with Crippen LogP contribution in [0.4, 0.5) is 0 Å². The van der Waals surface area contributed by atoms with Crippen molar-refractivity contribution in [1.82, 2.24) is 14.3 Å². The monoisotopic (exact) mass is 321 g/mol. The number of nitrogens with zero attached hydrogens (tertiary/aromatic N) is 3. The van der Waals surface area contributed by atoms with Crippen LogP contribution in [0.3, 0.4) is 0 Å². The molecule has 0 saturated carbocycles. The average molecular weight is 322 g/mol. The smallest absolute Gasteiger partial charge is 0.0868 e. The molecule has 5 heteroatoms. The molecular weight excluding hydrogens is 305 g/mol. The Labute approximate surface area is 134 Å². The number of hydrogen-bond acceptors (Lipinski definition) is 1. The summed E-state index contributed by atoms with van der Waals surface area (Å²) in [7, 11) is 0. The summed E-state index contributed by atoms with van der Waals surface area (Å²) in [6.07, 6.45) is 2.91. The zero-order valence-electron chi connectivity index (χ0n) is 12.1. The van der Waals surface area contributed by atoms with E-state index < -0.39 is 0 Å². The Balaban J connectivity index is 2.04. The number of rotatable bonds is 4. The Kier molecular flexibility index (Phi) is 3.96. The van der Waals surface area contributed by atoms with Gasteiger partial charge in [-0.25, -0.2) is 0 Å². The largest absolute Gasteiger partial charge is 0.341 e. The van der Waals surface area contributed by atoms with E-state index in [-0.39, 0.29) is 0 Å². The molecule has 0 aliphatic carbocycles. The Morgan fingerprint density at radius 2 is 1.95 bits per heavy atom. The molecule has 0 bridgehead atoms. The highest BCUT2D eigenvalue weighted by Gasteiger charge is 2.15. The third-order valence-corrected chi connectivity index (χ3v) is 4.42. The van der Waals surface area contributed by atoms with Crippen LogP contribution < -0.4 is 0 Å². The predicted molar refractivity (Wildman–Crippen MR) is 88.3 cm³/mol. The van der Waals surface area contributed by atoms with Crippen molar-refractivity contribution in [3.63, 3.8) is 0 Å². The van der Waals surface area contributed by atoms with E-state index in [1.807, 2.05) is 22.9 Å². The zero-order valence-corrected chi connectivity index (χ0v) is 13.6. The fourth-order valence-corrected chi connectivity index (χ4v) is 3.15. The van der Waals surface area contributed by atoms with Crippen LogP contribution in [0.1, 0.15) is 25.2 Å². The molecule has 0 aliphatic rings. The van der Waals surface area contributed by atoms with Gasteiger partial charge in [-0.2, -0.15) is 5.10 Å². The van der Waals surface area contributed by atoms with E-state index in [0.717, 1.165) is 45.3 Å². The number of aromatic nitrogens is 3. The van der Waals surface area contributed by atoms with Gasteiger partial charge in [0.15, 0.2) is 0 Å². The Morgan fingerprint density at radius 3 is 2.67 bits per heavy atom. The Bertz CT molecular complexity index is 786. The van der Waals surface area contributed by atoms with Crippen molar-refractivity contribution in [1.29, 1.82) is 0 Å². The molecule has 1 aromatic carbocycles. The van der Waals surface area contributed by atoms with Crippen molar-refractivity contribution in [2.24, 2.45) is 0 Å². The molecular formula is C16H17Cl2N3. The Morgan fingerprint density at radius 1 is 1.14 bits per heavy atom. The summed E-state index contributed by atoms with van der Waals surface area (Å²) in [4.78, 5) is 0. The molecule has 3 aromatic rings. The van der Waals surface area contributed by atoms with Crippen molar-refractivity contribution in [2.75, 3.05) is 0 Å². The van der Waals surface area contributed by atoms with E-state index in [2.05, 4.69) is 35.8 Å². The maximum Gasteiger partial charge on any atom is 0.0868 e. The minimum Gasteiger partial charge on any atom is -0.341 e. The van der Waals surface area contributed by atoms with Gasteiger partial charge < -0.3 is 4.57 Å². The second kappa shape index (κ2) is 5.74. The highest BCUT2D eigenvalue weighted by molar-refractivity contribution is 6.32. The lowest BCUT2D eigenvalue weighted by Gasteiger charge is -2.08. The van der Waals surface area contributed by atoms with Gasteiger partial charge in [-0.1, -0.05) is 30.1 Å². The fraction of sp³-hybridized carbons (Fsp3) is 0.312. The molecule has 21 heavy (non-hydrogen) atoms. The van der Waals surface area contributed by atoms with Gasteiger partial charge in [-0.15, -0.1) is 0 Å². The third kappa shape index (κ3) is 2.56. The summed E-state index contributed by atoms with van der Waals surface area (Å²) >= 11 is 12.5. The molecule has 3 nitrogen and oxygen atoms in total. The second-order valence-corrected chi connectivity index (χ2v) is 5.84. The van der Waals surface area contributed by atoms with Gasteiger partial charge in [-0.3, -0.25) is 4.68 Å². The fourth-order valence-electron chi connectivity index (χ4n) is 2.64. The molecule has 3 rings (SSSR count). The second-order valence-electron chi connectivity index (χ2n) is 5.02. The van der Waals surface area contributed by atoms with Gasteiger partial charge in [0.1, 0.15) is 0 Å². The van der Waals surface area contributed by atoms with E-state index in [9.17, 15) is 0 Å². The van der Waals surface area contributed by atoms with Gasteiger partial charge in [0.25, 0.3) is 0 Å². The summed E-state index contributed by atoms with van der Waals surface area (Å²) in [5, 5.41) is 7.25. The van der Waals surface area contributed by atoms with E-state index in [1.165, 1.54) is 0 Å². The lowest BCUT2D eigenvalue weighted by molar-refractivity contribution is 0.599. The van der Waals surface area contributed by atoms with Crippen LogP contribution >= 0.6 is 23.2 Å². The van der Waals surface area contributed by atoms with Crippen molar-refractivity contribution in [3.8, 4) is 0 Å². The van der Waals surface area contributed by atoms with Gasteiger partial charge in [0.05, 0.1) is 23.0 Å². The van der Waals surface area contributed by atoms with E-state index >= 15 is 0 Å². The van der Waals surface area contributed by atoms with Gasteiger partial charge in [-0.05, 0) is 37.6 Å². The number of halogens is 2. The first-order chi connectivity index (χ1) is 10.1. The van der Waals surface area contributed by atoms with Gasteiger partial charge in [0, 0.05) is 28.7 Å². The van der Waals surface area contributed by atoms with E-state index in [4.69, 9.17) is 23.2 Å². The summed E-state index contributed by atoms with van der Waals surface area (Å²) in [6.45, 7) is 5.69. The molecule has 0 fully saturated rings.